The van der Waals surface area contributed by atoms with Gasteiger partial charge in [-0.1, -0.05) is 0 Å². The van der Waals surface area contributed by atoms with Gasteiger partial charge < -0.3 is 15.4 Å². The molecule has 0 spiro atoms. The number of esters is 1. The van der Waals surface area contributed by atoms with Crippen molar-refractivity contribution in [2.75, 3.05) is 19.0 Å². The van der Waals surface area contributed by atoms with Crippen molar-refractivity contribution in [3.8, 4) is 0 Å². The lowest BCUT2D eigenvalue weighted by atomic mass is 10.1. The highest BCUT2D eigenvalue weighted by atomic mass is 16.5. The largest absolute Gasteiger partial charge is 0.462 e. The average Bonchev–Trinajstić information content (AvgIpc) is 2.73. The van der Waals surface area contributed by atoms with Crippen molar-refractivity contribution in [1.82, 2.24) is 10.3 Å². The first kappa shape index (κ1) is 19.0. The predicted octanol–water partition coefficient (Wildman–Crippen LogP) is 3.33. The van der Waals surface area contributed by atoms with Gasteiger partial charge in [0.05, 0.1) is 17.8 Å². The molecule has 0 saturated carbocycles. The molecule has 28 heavy (non-hydrogen) atoms. The number of carbonyl (C=O) groups excluding carboxylic acids is 3. The molecular weight excluding hydrogens is 358 g/mol. The van der Waals surface area contributed by atoms with Crippen LogP contribution in [0.1, 0.15) is 38.0 Å². The lowest BCUT2D eigenvalue weighted by molar-refractivity contribution is 0.0527. The van der Waals surface area contributed by atoms with E-state index >= 15 is 0 Å². The average molecular weight is 377 g/mol. The van der Waals surface area contributed by atoms with Crippen molar-refractivity contribution < 1.29 is 19.1 Å². The highest BCUT2D eigenvalue weighted by molar-refractivity contribution is 6.08. The summed E-state index contributed by atoms with van der Waals surface area (Å²) in [5.74, 6) is -0.765. The Morgan fingerprint density at radius 3 is 2.54 bits per heavy atom. The molecule has 0 atom stereocenters. The molecular formula is C21H19N3O4. The number of fused-ring (bicyclic) bond motifs is 1. The first-order valence-electron chi connectivity index (χ1n) is 8.71. The number of amides is 1. The maximum Gasteiger partial charge on any atom is 0.341 e. The number of aldehydes is 1. The summed E-state index contributed by atoms with van der Waals surface area (Å²) < 4.78 is 5.15. The van der Waals surface area contributed by atoms with Crippen LogP contribution in [0, 0.1) is 0 Å². The van der Waals surface area contributed by atoms with E-state index in [1.165, 1.54) is 6.20 Å². The number of benzene rings is 2. The van der Waals surface area contributed by atoms with Gasteiger partial charge in [-0.3, -0.25) is 14.6 Å². The second kappa shape index (κ2) is 8.30. The molecule has 0 radical (unpaired) electrons. The van der Waals surface area contributed by atoms with Crippen LogP contribution in [0.15, 0.2) is 48.7 Å². The molecule has 1 amide bonds. The molecule has 1 heterocycles. The summed E-state index contributed by atoms with van der Waals surface area (Å²) in [6.07, 6.45) is 2.20. The fourth-order valence-corrected chi connectivity index (χ4v) is 2.77. The third-order valence-electron chi connectivity index (χ3n) is 4.17. The summed E-state index contributed by atoms with van der Waals surface area (Å²) in [5, 5.41) is 6.39. The van der Waals surface area contributed by atoms with E-state index < -0.39 is 5.97 Å². The molecule has 2 N–H and O–H groups in total. The highest BCUT2D eigenvalue weighted by Crippen LogP contribution is 2.30. The maximum absolute atomic E-state index is 12.4. The number of hydrogen-bond donors (Lipinski definition) is 2. The molecule has 7 nitrogen and oxygen atoms in total. The molecule has 0 unspecified atom stereocenters. The number of ether oxygens (including phenoxy) is 1. The fraction of sp³-hybridized carbons (Fsp3) is 0.143. The number of nitrogens with one attached hydrogen (secondary N) is 2. The topological polar surface area (TPSA) is 97.4 Å². The number of hydrogen-bond acceptors (Lipinski definition) is 6. The summed E-state index contributed by atoms with van der Waals surface area (Å²) in [6, 6.07) is 11.8. The Bertz CT molecular complexity index is 1050. The molecule has 1 aromatic heterocycles. The Kier molecular flexibility index (Phi) is 5.64. The monoisotopic (exact) mass is 377 g/mol. The minimum Gasteiger partial charge on any atom is -0.462 e. The Balaban J connectivity index is 2.17. The minimum atomic E-state index is -0.519. The zero-order chi connectivity index (χ0) is 20.1. The van der Waals surface area contributed by atoms with Crippen LogP contribution in [0.25, 0.3) is 10.9 Å². The predicted molar refractivity (Wildman–Crippen MR) is 106 cm³/mol. The summed E-state index contributed by atoms with van der Waals surface area (Å²) in [6.45, 7) is 1.95. The van der Waals surface area contributed by atoms with Crippen molar-refractivity contribution in [2.45, 2.75) is 6.92 Å². The standard InChI is InChI=1S/C21H19N3O4/c1-3-28-21(27)17-11-23-18-9-6-14(20(26)22-2)10-16(18)19(17)24-15-7-4-13(12-25)5-8-15/h4-12H,3H2,1-2H3,(H,22,26)(H,23,24). The van der Waals surface area contributed by atoms with Gasteiger partial charge in [0.2, 0.25) is 0 Å². The van der Waals surface area contributed by atoms with E-state index in [2.05, 4.69) is 15.6 Å². The second-order valence-corrected chi connectivity index (χ2v) is 5.94. The van der Waals surface area contributed by atoms with Crippen molar-refractivity contribution in [2.24, 2.45) is 0 Å². The van der Waals surface area contributed by atoms with Gasteiger partial charge in [-0.15, -0.1) is 0 Å². The van der Waals surface area contributed by atoms with Gasteiger partial charge in [0.25, 0.3) is 5.91 Å². The number of nitrogens with zero attached hydrogens (tertiary/aromatic N) is 1. The van der Waals surface area contributed by atoms with E-state index in [-0.39, 0.29) is 18.1 Å². The second-order valence-electron chi connectivity index (χ2n) is 5.94. The van der Waals surface area contributed by atoms with E-state index in [1.54, 1.807) is 56.4 Å². The Hall–Kier alpha value is -3.74. The van der Waals surface area contributed by atoms with E-state index in [4.69, 9.17) is 4.74 Å². The van der Waals surface area contributed by atoms with Gasteiger partial charge in [-0.05, 0) is 49.4 Å². The Morgan fingerprint density at radius 2 is 1.89 bits per heavy atom. The molecule has 0 aliphatic rings. The van der Waals surface area contributed by atoms with Gasteiger partial charge >= 0.3 is 5.97 Å². The van der Waals surface area contributed by atoms with Gasteiger partial charge in [0.1, 0.15) is 11.8 Å². The van der Waals surface area contributed by atoms with Crippen molar-refractivity contribution in [3.05, 3.63) is 65.4 Å². The molecule has 2 aromatic carbocycles. The van der Waals surface area contributed by atoms with Crippen LogP contribution < -0.4 is 10.6 Å². The fourth-order valence-electron chi connectivity index (χ4n) is 2.77. The minimum absolute atomic E-state index is 0.225. The molecule has 0 fully saturated rings. The molecule has 0 aliphatic carbocycles. The van der Waals surface area contributed by atoms with E-state index in [9.17, 15) is 14.4 Å². The van der Waals surface area contributed by atoms with Crippen LogP contribution in [-0.4, -0.2) is 36.8 Å². The number of aromatic nitrogens is 1. The zero-order valence-electron chi connectivity index (χ0n) is 15.5. The first-order chi connectivity index (χ1) is 13.6. The molecule has 142 valence electrons. The first-order valence-corrected chi connectivity index (χ1v) is 8.71. The maximum atomic E-state index is 12.4. The number of anilines is 2. The van der Waals surface area contributed by atoms with Gasteiger partial charge in [-0.2, -0.15) is 0 Å². The molecule has 3 aromatic rings. The summed E-state index contributed by atoms with van der Waals surface area (Å²) in [7, 11) is 1.55. The molecule has 0 bridgehead atoms. The van der Waals surface area contributed by atoms with Crippen LogP contribution >= 0.6 is 0 Å². The van der Waals surface area contributed by atoms with E-state index in [0.29, 0.717) is 33.4 Å². The molecule has 7 heteroatoms. The highest BCUT2D eigenvalue weighted by Gasteiger charge is 2.18. The summed E-state index contributed by atoms with van der Waals surface area (Å²) in [5.41, 5.74) is 3.01. The Morgan fingerprint density at radius 1 is 1.14 bits per heavy atom. The van der Waals surface area contributed by atoms with Crippen LogP contribution in [0.4, 0.5) is 11.4 Å². The third kappa shape index (κ3) is 3.83. The Labute approximate surface area is 161 Å². The summed E-state index contributed by atoms with van der Waals surface area (Å²) in [4.78, 5) is 39.7. The van der Waals surface area contributed by atoms with Crippen LogP contribution in [0.5, 0.6) is 0 Å². The quantitative estimate of drug-likeness (QED) is 0.505. The lowest BCUT2D eigenvalue weighted by Crippen LogP contribution is -2.17. The SMILES string of the molecule is CCOC(=O)c1cnc2ccc(C(=O)NC)cc2c1Nc1ccc(C=O)cc1. The van der Waals surface area contributed by atoms with E-state index in [0.717, 1.165) is 6.29 Å². The molecule has 0 aliphatic heterocycles. The normalized spacial score (nSPS) is 10.4. The van der Waals surface area contributed by atoms with Crippen molar-refractivity contribution in [1.29, 1.82) is 0 Å². The smallest absolute Gasteiger partial charge is 0.341 e. The van der Waals surface area contributed by atoms with E-state index in [1.807, 2.05) is 0 Å². The molecule has 0 saturated heterocycles. The zero-order valence-corrected chi connectivity index (χ0v) is 15.5. The summed E-state index contributed by atoms with van der Waals surface area (Å²) >= 11 is 0. The van der Waals surface area contributed by atoms with Crippen molar-refractivity contribution >= 4 is 40.4 Å². The number of carbonyl (C=O) groups is 3. The molecule has 3 rings (SSSR count). The number of rotatable bonds is 6. The van der Waals surface area contributed by atoms with Crippen LogP contribution in [0.3, 0.4) is 0 Å². The van der Waals surface area contributed by atoms with Gasteiger partial charge in [0, 0.05) is 35.4 Å². The van der Waals surface area contributed by atoms with Crippen molar-refractivity contribution in [3.63, 3.8) is 0 Å². The number of pyridine rings is 1. The van der Waals surface area contributed by atoms with Crippen LogP contribution in [0.2, 0.25) is 0 Å². The van der Waals surface area contributed by atoms with Gasteiger partial charge in [0.15, 0.2) is 0 Å². The lowest BCUT2D eigenvalue weighted by Gasteiger charge is -2.15. The van der Waals surface area contributed by atoms with Gasteiger partial charge in [-0.25, -0.2) is 4.79 Å². The third-order valence-corrected chi connectivity index (χ3v) is 4.17. The van der Waals surface area contributed by atoms with Crippen LogP contribution in [-0.2, 0) is 4.74 Å².